The fourth-order valence-corrected chi connectivity index (χ4v) is 2.77. The number of aliphatic carboxylic acids is 1. The van der Waals surface area contributed by atoms with Crippen LogP contribution in [0.4, 0.5) is 0 Å². The molecule has 0 saturated carbocycles. The zero-order chi connectivity index (χ0) is 26.7. The van der Waals surface area contributed by atoms with Crippen molar-refractivity contribution in [3.05, 3.63) is 0 Å². The maximum atomic E-state index is 10.8. The number of carbonyl (C=O) groups excluding carboxylic acids is 1. The van der Waals surface area contributed by atoms with Gasteiger partial charge in [-0.1, -0.05) is 149 Å². The highest BCUT2D eigenvalue weighted by molar-refractivity contribution is 8.76. The molecule has 0 heterocycles. The molecule has 9 heteroatoms. The Bertz CT molecular complexity index is 331. The average Bonchev–Trinajstić information content (AvgIpc) is 2.83. The van der Waals surface area contributed by atoms with E-state index in [1.165, 1.54) is 70.6 Å². The van der Waals surface area contributed by atoms with E-state index in [2.05, 4.69) is 37.5 Å². The summed E-state index contributed by atoms with van der Waals surface area (Å²) in [4.78, 5) is 21.1. The van der Waals surface area contributed by atoms with Gasteiger partial charge in [-0.2, -0.15) is 0 Å². The molecule has 0 fully saturated rings. The monoisotopic (exact) mass is 610 g/mol. The van der Waals surface area contributed by atoms with Crippen LogP contribution in [0.2, 0.25) is 0 Å². The summed E-state index contributed by atoms with van der Waals surface area (Å²) in [5.41, 5.74) is 0. The van der Waals surface area contributed by atoms with Crippen molar-refractivity contribution in [2.24, 2.45) is 0 Å². The number of hydrogen-bond donors (Lipinski definition) is 1. The van der Waals surface area contributed by atoms with Gasteiger partial charge in [0.15, 0.2) is 0 Å². The molecule has 0 bridgehead atoms. The summed E-state index contributed by atoms with van der Waals surface area (Å²) in [6.07, 6.45) is 30.7. The van der Waals surface area contributed by atoms with Crippen molar-refractivity contribution in [1.29, 1.82) is 0 Å². The van der Waals surface area contributed by atoms with Crippen molar-refractivity contribution < 1.29 is 14.7 Å². The van der Waals surface area contributed by atoms with Gasteiger partial charge in [0, 0.05) is 12.8 Å². The van der Waals surface area contributed by atoms with Crippen molar-refractivity contribution in [3.8, 4) is 0 Å². The van der Waals surface area contributed by atoms with E-state index in [9.17, 15) is 9.59 Å². The number of carboxylic acids is 1. The van der Waals surface area contributed by atoms with Crippen molar-refractivity contribution >= 4 is 76.5 Å². The molecule has 0 spiro atoms. The smallest absolute Gasteiger partial charge is 0.303 e. The Hall–Kier alpha value is 1.24. The third kappa shape index (κ3) is 72.1. The Labute approximate surface area is 244 Å². The summed E-state index contributed by atoms with van der Waals surface area (Å²) < 4.78 is 0. The fraction of sp³-hybridized carbons (Fsp3) is 0.923. The minimum atomic E-state index is -0.668. The van der Waals surface area contributed by atoms with E-state index >= 15 is 0 Å². The number of Topliss-reactive ketones (excluding diaryl/α,β-unsaturated/α-hetero) is 1. The molecule has 216 valence electrons. The first-order chi connectivity index (χ1) is 16.4. The predicted octanol–water partition coefficient (Wildman–Crippen LogP) is 11.4. The van der Waals surface area contributed by atoms with Crippen molar-refractivity contribution in [2.45, 2.75) is 117 Å². The minimum absolute atomic E-state index is 0. The Balaban J connectivity index is -0.000000191. The van der Waals surface area contributed by atoms with Crippen molar-refractivity contribution in [3.63, 3.8) is 0 Å². The summed E-state index contributed by atoms with van der Waals surface area (Å²) in [6.45, 7) is 1.68. The molecule has 1 N–H and O–H groups in total. The first kappa shape index (κ1) is 46.1. The number of carbonyl (C=O) groups is 2. The van der Waals surface area contributed by atoms with Gasteiger partial charge in [-0.05, 0) is 57.3 Å². The van der Waals surface area contributed by atoms with Crippen LogP contribution in [0.5, 0.6) is 0 Å². The summed E-state index contributed by atoms with van der Waals surface area (Å²) >= 11 is 0. The first-order valence-corrected chi connectivity index (χ1v) is 21.2. The van der Waals surface area contributed by atoms with Crippen LogP contribution in [0, 0.1) is 0 Å². The normalized spacial score (nSPS) is 9.34. The van der Waals surface area contributed by atoms with Gasteiger partial charge in [0.1, 0.15) is 5.78 Å². The highest BCUT2D eigenvalue weighted by atomic mass is 33.1. The van der Waals surface area contributed by atoms with Crippen LogP contribution in [-0.4, -0.2) is 54.4 Å². The van der Waals surface area contributed by atoms with Gasteiger partial charge in [0.25, 0.3) is 0 Å². The Morgan fingerprint density at radius 3 is 0.829 bits per heavy atom. The van der Waals surface area contributed by atoms with Gasteiger partial charge >= 0.3 is 5.97 Å². The Morgan fingerprint density at radius 1 is 0.457 bits per heavy atom. The summed E-state index contributed by atoms with van der Waals surface area (Å²) in [5.74, 6) is -0.347. The van der Waals surface area contributed by atoms with Crippen LogP contribution in [0.25, 0.3) is 0 Å². The SMILES string of the molecule is C.CC(=O)CCCCCCCCCCCCCCCCC(=O)O.CSSC.CSSC.CSSC. The summed E-state index contributed by atoms with van der Waals surface area (Å²) in [7, 11) is 10.6. The average molecular weight is 611 g/mol. The second kappa shape index (κ2) is 48.3. The highest BCUT2D eigenvalue weighted by Gasteiger charge is 1.97. The van der Waals surface area contributed by atoms with E-state index in [-0.39, 0.29) is 7.43 Å². The third-order valence-corrected chi connectivity index (χ3v) is 8.67. The molecule has 35 heavy (non-hydrogen) atoms. The summed E-state index contributed by atoms with van der Waals surface area (Å²) in [5, 5.41) is 8.53. The van der Waals surface area contributed by atoms with E-state index in [1.807, 2.05) is 0 Å². The van der Waals surface area contributed by atoms with E-state index in [4.69, 9.17) is 5.11 Å². The molecular formula is C26H58O3S6. The van der Waals surface area contributed by atoms with Gasteiger partial charge in [0.2, 0.25) is 0 Å². The lowest BCUT2D eigenvalue weighted by atomic mass is 10.0. The fourth-order valence-electron chi connectivity index (χ4n) is 2.77. The van der Waals surface area contributed by atoms with Crippen molar-refractivity contribution in [1.82, 2.24) is 0 Å². The van der Waals surface area contributed by atoms with Crippen LogP contribution in [0.1, 0.15) is 117 Å². The molecule has 0 unspecified atom stereocenters. The number of ketones is 1. The van der Waals surface area contributed by atoms with Crippen LogP contribution < -0.4 is 0 Å². The van der Waals surface area contributed by atoms with E-state index in [0.29, 0.717) is 12.2 Å². The third-order valence-electron chi connectivity index (χ3n) is 4.67. The highest BCUT2D eigenvalue weighted by Crippen LogP contribution is 2.14. The minimum Gasteiger partial charge on any atom is -0.481 e. The predicted molar refractivity (Wildman–Crippen MR) is 180 cm³/mol. The maximum Gasteiger partial charge on any atom is 0.303 e. The van der Waals surface area contributed by atoms with Gasteiger partial charge in [0.05, 0.1) is 0 Å². The number of hydrogen-bond acceptors (Lipinski definition) is 8. The molecular weight excluding hydrogens is 553 g/mol. The van der Waals surface area contributed by atoms with E-state index < -0.39 is 5.97 Å². The molecule has 0 aliphatic heterocycles. The van der Waals surface area contributed by atoms with Gasteiger partial charge < -0.3 is 9.90 Å². The molecule has 0 aromatic rings. The van der Waals surface area contributed by atoms with Crippen LogP contribution in [-0.2, 0) is 9.59 Å². The molecule has 0 rings (SSSR count). The lowest BCUT2D eigenvalue weighted by Gasteiger charge is -2.03. The molecule has 0 aromatic carbocycles. The molecule has 0 atom stereocenters. The second-order valence-corrected chi connectivity index (χ2v) is 15.5. The molecule has 0 aliphatic carbocycles. The van der Waals surface area contributed by atoms with Gasteiger partial charge in [-0.25, -0.2) is 0 Å². The molecule has 0 amide bonds. The topological polar surface area (TPSA) is 54.4 Å². The van der Waals surface area contributed by atoms with Crippen LogP contribution in [0.3, 0.4) is 0 Å². The zero-order valence-electron chi connectivity index (χ0n) is 23.0. The summed E-state index contributed by atoms with van der Waals surface area (Å²) in [6, 6.07) is 0. The zero-order valence-corrected chi connectivity index (χ0v) is 27.9. The van der Waals surface area contributed by atoms with Crippen LogP contribution >= 0.6 is 64.8 Å². The number of unbranched alkanes of at least 4 members (excludes halogenated alkanes) is 13. The maximum absolute atomic E-state index is 10.8. The molecule has 0 saturated heterocycles. The quantitative estimate of drug-likeness (QED) is 0.107. The molecule has 3 nitrogen and oxygen atoms in total. The Morgan fingerprint density at radius 2 is 0.657 bits per heavy atom. The molecule has 0 radical (unpaired) electrons. The first-order valence-electron chi connectivity index (χ1n) is 12.3. The molecule has 0 aromatic heterocycles. The van der Waals surface area contributed by atoms with E-state index in [0.717, 1.165) is 25.7 Å². The second-order valence-electron chi connectivity index (χ2n) is 7.55. The number of rotatable bonds is 20. The van der Waals surface area contributed by atoms with Crippen LogP contribution in [0.15, 0.2) is 0 Å². The largest absolute Gasteiger partial charge is 0.481 e. The van der Waals surface area contributed by atoms with Gasteiger partial charge in [-0.3, -0.25) is 4.79 Å². The lowest BCUT2D eigenvalue weighted by molar-refractivity contribution is -0.137. The number of carboxylic acid groups (broad SMARTS) is 1. The van der Waals surface area contributed by atoms with Gasteiger partial charge in [-0.15, -0.1) is 0 Å². The van der Waals surface area contributed by atoms with Crippen molar-refractivity contribution in [2.75, 3.05) is 37.5 Å². The van der Waals surface area contributed by atoms with E-state index in [1.54, 1.807) is 71.7 Å². The molecule has 0 aliphatic rings. The Kier molecular flexibility index (Phi) is 63.7. The standard InChI is InChI=1S/C19H36O3.3C2H6S2.CH4/c1-18(20)16-14-12-10-8-6-4-2-3-5-7-9-11-13-15-17-19(21)22;3*1-3-4-2;/h2-17H2,1H3,(H,21,22);3*1-2H3;1H4. The lowest BCUT2D eigenvalue weighted by Crippen LogP contribution is -1.93.